The third-order valence-corrected chi connectivity index (χ3v) is 7.30. The van der Waals surface area contributed by atoms with Crippen molar-refractivity contribution in [3.8, 4) is 0 Å². The normalized spacial score (nSPS) is 39.3. The summed E-state index contributed by atoms with van der Waals surface area (Å²) in [4.78, 5) is 19.8. The van der Waals surface area contributed by atoms with Gasteiger partial charge in [-0.3, -0.25) is 9.69 Å². The van der Waals surface area contributed by atoms with Crippen LogP contribution in [0.15, 0.2) is 12.4 Å². The topological polar surface area (TPSA) is 62.2 Å². The van der Waals surface area contributed by atoms with E-state index in [0.717, 1.165) is 43.2 Å². The summed E-state index contributed by atoms with van der Waals surface area (Å²) in [6.07, 6.45) is 11.7. The Kier molecular flexibility index (Phi) is 4.09. The summed E-state index contributed by atoms with van der Waals surface area (Å²) in [5, 5.41) is 6.98. The van der Waals surface area contributed by atoms with E-state index in [-0.39, 0.29) is 17.5 Å². The number of imidazole rings is 1. The zero-order valence-corrected chi connectivity index (χ0v) is 15.8. The van der Waals surface area contributed by atoms with E-state index in [1.165, 1.54) is 38.5 Å². The van der Waals surface area contributed by atoms with Gasteiger partial charge in [0.25, 0.3) is 0 Å². The van der Waals surface area contributed by atoms with Crippen LogP contribution in [0.1, 0.15) is 50.4 Å². The summed E-state index contributed by atoms with van der Waals surface area (Å²) < 4.78 is 2.07. The Balaban J connectivity index is 1.27. The highest BCUT2D eigenvalue weighted by atomic mass is 16.2. The van der Waals surface area contributed by atoms with E-state index in [0.29, 0.717) is 6.54 Å². The van der Waals surface area contributed by atoms with Gasteiger partial charge in [-0.2, -0.15) is 0 Å². The maximum atomic E-state index is 13.0. The fraction of sp³-hybridized carbons (Fsp3) is 0.800. The summed E-state index contributed by atoms with van der Waals surface area (Å²) in [5.41, 5.74) is 0.110. The Labute approximate surface area is 155 Å². The monoisotopic (exact) mass is 357 g/mol. The highest BCUT2D eigenvalue weighted by Crippen LogP contribution is 2.55. The molecule has 1 saturated heterocycles. The second-order valence-electron chi connectivity index (χ2n) is 9.33. The molecule has 1 aromatic rings. The molecule has 1 unspecified atom stereocenters. The molecule has 26 heavy (non-hydrogen) atoms. The fourth-order valence-electron chi connectivity index (χ4n) is 6.67. The van der Waals surface area contributed by atoms with Crippen molar-refractivity contribution in [2.45, 2.75) is 50.1 Å². The number of amides is 1. The molecular weight excluding hydrogens is 326 g/mol. The van der Waals surface area contributed by atoms with Gasteiger partial charge in [0.1, 0.15) is 5.82 Å². The van der Waals surface area contributed by atoms with E-state index < -0.39 is 0 Å². The molecule has 0 aromatic carbocycles. The van der Waals surface area contributed by atoms with Gasteiger partial charge in [-0.15, -0.1) is 0 Å². The van der Waals surface area contributed by atoms with Crippen LogP contribution in [0.4, 0.5) is 0 Å². The first-order valence-corrected chi connectivity index (χ1v) is 10.3. The molecule has 4 saturated carbocycles. The van der Waals surface area contributed by atoms with E-state index in [4.69, 9.17) is 0 Å². The minimum absolute atomic E-state index is 0.110. The number of aromatic nitrogens is 2. The molecule has 0 radical (unpaired) electrons. The minimum Gasteiger partial charge on any atom is -0.350 e. The summed E-state index contributed by atoms with van der Waals surface area (Å²) in [5.74, 6) is 3.84. The lowest BCUT2D eigenvalue weighted by atomic mass is 9.53. The molecule has 6 rings (SSSR count). The number of hydrogen-bond acceptors (Lipinski definition) is 4. The van der Waals surface area contributed by atoms with Crippen LogP contribution in [-0.2, 0) is 11.8 Å². The Morgan fingerprint density at radius 1 is 1.27 bits per heavy atom. The van der Waals surface area contributed by atoms with Crippen molar-refractivity contribution in [3.05, 3.63) is 18.2 Å². The lowest BCUT2D eigenvalue weighted by molar-refractivity contribution is -0.128. The predicted octanol–water partition coefficient (Wildman–Crippen LogP) is 1.45. The third-order valence-electron chi connectivity index (χ3n) is 7.30. The van der Waals surface area contributed by atoms with Crippen LogP contribution >= 0.6 is 0 Å². The highest BCUT2D eigenvalue weighted by Gasteiger charge is 2.51. The Morgan fingerprint density at radius 2 is 1.96 bits per heavy atom. The summed E-state index contributed by atoms with van der Waals surface area (Å²) >= 11 is 0. The summed E-state index contributed by atoms with van der Waals surface area (Å²) in [6.45, 7) is 3.17. The Hall–Kier alpha value is -1.40. The zero-order chi connectivity index (χ0) is 17.7. The molecule has 5 fully saturated rings. The molecule has 4 aliphatic carbocycles. The Morgan fingerprint density at radius 3 is 2.58 bits per heavy atom. The van der Waals surface area contributed by atoms with Crippen LogP contribution in [0, 0.1) is 17.8 Å². The Bertz CT molecular complexity index is 648. The van der Waals surface area contributed by atoms with Crippen molar-refractivity contribution in [2.75, 3.05) is 26.2 Å². The summed E-state index contributed by atoms with van der Waals surface area (Å²) in [7, 11) is 2.03. The fourth-order valence-corrected chi connectivity index (χ4v) is 6.67. The maximum Gasteiger partial charge on any atom is 0.234 e. The number of nitrogens with zero attached hydrogens (tertiary/aromatic N) is 3. The van der Waals surface area contributed by atoms with E-state index in [9.17, 15) is 4.79 Å². The molecule has 1 atom stereocenters. The zero-order valence-electron chi connectivity index (χ0n) is 15.8. The number of rotatable bonds is 4. The number of nitrogens with one attached hydrogen (secondary N) is 2. The molecule has 6 heteroatoms. The second-order valence-corrected chi connectivity index (χ2v) is 9.33. The average molecular weight is 358 g/mol. The van der Waals surface area contributed by atoms with Crippen LogP contribution in [-0.4, -0.2) is 52.1 Å². The molecule has 2 N–H and O–H groups in total. The van der Waals surface area contributed by atoms with Crippen molar-refractivity contribution in [3.63, 3.8) is 0 Å². The largest absolute Gasteiger partial charge is 0.350 e. The molecule has 0 spiro atoms. The first-order valence-electron chi connectivity index (χ1n) is 10.3. The number of hydrogen-bond donors (Lipinski definition) is 2. The quantitative estimate of drug-likeness (QED) is 0.856. The number of aryl methyl sites for hydroxylation is 1. The summed E-state index contributed by atoms with van der Waals surface area (Å²) in [6, 6.07) is 0.172. The van der Waals surface area contributed by atoms with Gasteiger partial charge < -0.3 is 15.2 Å². The SMILES string of the molecule is Cn1ccnc1C1CNCCN1CC(=O)NC12CC3CC(CC(C3)C1)C2. The van der Waals surface area contributed by atoms with Crippen LogP contribution < -0.4 is 10.6 Å². The van der Waals surface area contributed by atoms with E-state index >= 15 is 0 Å². The molecule has 1 aromatic heterocycles. The maximum absolute atomic E-state index is 13.0. The molecule has 6 nitrogen and oxygen atoms in total. The van der Waals surface area contributed by atoms with Gasteiger partial charge in [0, 0.05) is 44.6 Å². The predicted molar refractivity (Wildman–Crippen MR) is 99.4 cm³/mol. The van der Waals surface area contributed by atoms with Gasteiger partial charge in [-0.05, 0) is 56.3 Å². The van der Waals surface area contributed by atoms with Crippen LogP contribution in [0.2, 0.25) is 0 Å². The van der Waals surface area contributed by atoms with Crippen molar-refractivity contribution >= 4 is 5.91 Å². The van der Waals surface area contributed by atoms with Gasteiger partial charge in [0.2, 0.25) is 5.91 Å². The average Bonchev–Trinajstić information content (AvgIpc) is 2.99. The molecule has 4 bridgehead atoms. The van der Waals surface area contributed by atoms with Crippen LogP contribution in [0.3, 0.4) is 0 Å². The van der Waals surface area contributed by atoms with Gasteiger partial charge in [0.05, 0.1) is 12.6 Å². The molecule has 2 heterocycles. The third kappa shape index (κ3) is 2.97. The van der Waals surface area contributed by atoms with Crippen LogP contribution in [0.25, 0.3) is 0 Å². The van der Waals surface area contributed by atoms with Crippen molar-refractivity contribution in [1.82, 2.24) is 25.1 Å². The number of carbonyl (C=O) groups excluding carboxylic acids is 1. The molecule has 1 aliphatic heterocycles. The standard InChI is InChI=1S/C20H31N5O/c1-24-4-3-22-19(24)17-12-21-2-5-25(17)13-18(26)23-20-9-14-6-15(10-20)8-16(7-14)11-20/h3-4,14-17,21H,2,5-13H2,1H3,(H,23,26). The molecule has 5 aliphatic rings. The van der Waals surface area contributed by atoms with E-state index in [1.807, 2.05) is 19.4 Å². The minimum atomic E-state index is 0.110. The van der Waals surface area contributed by atoms with Crippen molar-refractivity contribution in [1.29, 1.82) is 0 Å². The van der Waals surface area contributed by atoms with Gasteiger partial charge in [0.15, 0.2) is 0 Å². The van der Waals surface area contributed by atoms with Gasteiger partial charge in [-0.25, -0.2) is 4.98 Å². The van der Waals surface area contributed by atoms with Crippen LogP contribution in [0.5, 0.6) is 0 Å². The van der Waals surface area contributed by atoms with E-state index in [1.54, 1.807) is 0 Å². The smallest absolute Gasteiger partial charge is 0.234 e. The first-order chi connectivity index (χ1) is 12.6. The van der Waals surface area contributed by atoms with Gasteiger partial charge in [-0.1, -0.05) is 0 Å². The van der Waals surface area contributed by atoms with Crippen molar-refractivity contribution < 1.29 is 4.79 Å². The van der Waals surface area contributed by atoms with E-state index in [2.05, 4.69) is 25.1 Å². The molecular formula is C20H31N5O. The van der Waals surface area contributed by atoms with Gasteiger partial charge >= 0.3 is 0 Å². The number of carbonyl (C=O) groups is 1. The lowest BCUT2D eigenvalue weighted by Crippen LogP contribution is -2.61. The van der Waals surface area contributed by atoms with Crippen molar-refractivity contribution in [2.24, 2.45) is 24.8 Å². The second kappa shape index (κ2) is 6.34. The highest BCUT2D eigenvalue weighted by molar-refractivity contribution is 5.79. The lowest BCUT2D eigenvalue weighted by Gasteiger charge is -2.57. The number of piperazine rings is 1. The first kappa shape index (κ1) is 16.8. The molecule has 1 amide bonds. The molecule has 142 valence electrons.